The quantitative estimate of drug-likeness (QED) is 0.361. The summed E-state index contributed by atoms with van der Waals surface area (Å²) in [7, 11) is -4.34. The molecule has 1 atom stereocenters. The number of hydrogen-bond donors (Lipinski definition) is 0. The van der Waals surface area contributed by atoms with Crippen LogP contribution < -0.4 is 9.47 Å². The molecular weight excluding hydrogens is 436 g/mol. The monoisotopic (exact) mass is 472 g/mol. The Balaban J connectivity index is 2.38. The summed E-state index contributed by atoms with van der Waals surface area (Å²) < 4.78 is 49.4. The lowest BCUT2D eigenvalue weighted by molar-refractivity contribution is -0.141. The van der Waals surface area contributed by atoms with Crippen LogP contribution in [0.5, 0.6) is 11.5 Å². The zero-order valence-corrected chi connectivity index (χ0v) is 21.6. The minimum absolute atomic E-state index is 0.0123. The Morgan fingerprint density at radius 2 is 1.87 bits per heavy atom. The Morgan fingerprint density at radius 1 is 1.19 bits per heavy atom. The number of esters is 1. The summed E-state index contributed by atoms with van der Waals surface area (Å²) >= 11 is 0. The first kappa shape index (κ1) is 25.7. The molecule has 31 heavy (non-hydrogen) atoms. The van der Waals surface area contributed by atoms with E-state index in [0.29, 0.717) is 30.8 Å². The van der Waals surface area contributed by atoms with Crippen molar-refractivity contribution in [2.45, 2.75) is 76.1 Å². The first-order valence-electron chi connectivity index (χ1n) is 10.7. The fourth-order valence-corrected chi connectivity index (χ4v) is 5.48. The van der Waals surface area contributed by atoms with Crippen molar-refractivity contribution in [2.75, 3.05) is 26.1 Å². The Morgan fingerprint density at radius 3 is 2.39 bits per heavy atom. The fraction of sp³-hybridized carbons (Fsp3) is 0.682. The highest BCUT2D eigenvalue weighted by Crippen LogP contribution is 2.41. The molecule has 0 aromatic heterocycles. The van der Waals surface area contributed by atoms with Gasteiger partial charge < -0.3 is 18.6 Å². The number of cyclic esters (lactones) is 1. The molecule has 9 heteroatoms. The van der Waals surface area contributed by atoms with Crippen molar-refractivity contribution in [2.24, 2.45) is 0 Å². The van der Waals surface area contributed by atoms with E-state index in [0.717, 1.165) is 6.42 Å². The van der Waals surface area contributed by atoms with Gasteiger partial charge in [0.05, 0.1) is 19.5 Å². The van der Waals surface area contributed by atoms with Crippen LogP contribution in [0.25, 0.3) is 0 Å². The van der Waals surface area contributed by atoms with E-state index in [2.05, 4.69) is 33.9 Å². The number of hydrogen-bond acceptors (Lipinski definition) is 7. The predicted molar refractivity (Wildman–Crippen MR) is 122 cm³/mol. The Hall–Kier alpha value is -1.58. The van der Waals surface area contributed by atoms with Gasteiger partial charge in [-0.2, -0.15) is 0 Å². The zero-order valence-electron chi connectivity index (χ0n) is 19.7. The summed E-state index contributed by atoms with van der Waals surface area (Å²) in [4.78, 5) is 11.6. The van der Waals surface area contributed by atoms with E-state index in [1.807, 2.05) is 6.92 Å². The van der Waals surface area contributed by atoms with Gasteiger partial charge in [0.25, 0.3) is 0 Å². The molecule has 1 fully saturated rings. The van der Waals surface area contributed by atoms with Crippen LogP contribution in [-0.2, 0) is 23.8 Å². The molecular formula is C22H36O7SSi. The molecule has 0 amide bonds. The van der Waals surface area contributed by atoms with Gasteiger partial charge in [-0.05, 0) is 48.7 Å². The zero-order chi connectivity index (χ0) is 23.4. The average molecular weight is 473 g/mol. The number of carbonyl (C=O) groups is 1. The summed E-state index contributed by atoms with van der Waals surface area (Å²) in [6.07, 6.45) is 1.05. The van der Waals surface area contributed by atoms with Crippen molar-refractivity contribution >= 4 is 24.1 Å². The minimum Gasteiger partial charge on any atom is -0.493 e. The van der Waals surface area contributed by atoms with Gasteiger partial charge in [-0.1, -0.05) is 27.7 Å². The number of rotatable bonds is 10. The fourth-order valence-electron chi connectivity index (χ4n) is 3.01. The third-order valence-electron chi connectivity index (χ3n) is 5.93. The second kappa shape index (κ2) is 9.91. The van der Waals surface area contributed by atoms with Crippen molar-refractivity contribution in [3.8, 4) is 11.5 Å². The number of ether oxygens (including phenoxy) is 3. The van der Waals surface area contributed by atoms with Crippen molar-refractivity contribution < 1.29 is 31.8 Å². The molecule has 2 rings (SSSR count). The highest BCUT2D eigenvalue weighted by atomic mass is 32.2. The summed E-state index contributed by atoms with van der Waals surface area (Å²) in [6, 6.07) is 3.25. The maximum absolute atomic E-state index is 13.3. The van der Waals surface area contributed by atoms with Crippen LogP contribution in [0.4, 0.5) is 0 Å². The molecule has 0 bridgehead atoms. The van der Waals surface area contributed by atoms with Crippen molar-refractivity contribution in [3.05, 3.63) is 17.7 Å². The number of methoxy groups -OCH3 is 1. The van der Waals surface area contributed by atoms with E-state index in [1.165, 1.54) is 7.11 Å². The molecule has 0 radical (unpaired) electrons. The Bertz CT molecular complexity index is 888. The van der Waals surface area contributed by atoms with Crippen LogP contribution in [0.15, 0.2) is 17.0 Å². The largest absolute Gasteiger partial charge is 0.493 e. The van der Waals surface area contributed by atoms with Crippen LogP contribution >= 0.6 is 0 Å². The van der Waals surface area contributed by atoms with Crippen molar-refractivity contribution in [3.63, 3.8) is 0 Å². The molecule has 1 saturated heterocycles. The van der Waals surface area contributed by atoms with Crippen LogP contribution in [0.2, 0.25) is 18.1 Å². The van der Waals surface area contributed by atoms with Gasteiger partial charge in [-0.3, -0.25) is 4.79 Å². The van der Waals surface area contributed by atoms with Crippen LogP contribution in [0.1, 0.15) is 58.6 Å². The molecule has 0 spiro atoms. The first-order chi connectivity index (χ1) is 14.3. The lowest BCUT2D eigenvalue weighted by Gasteiger charge is -2.36. The Labute approximate surface area is 187 Å². The van der Waals surface area contributed by atoms with E-state index in [9.17, 15) is 13.2 Å². The van der Waals surface area contributed by atoms with Gasteiger partial charge in [0, 0.05) is 13.0 Å². The molecule has 0 unspecified atom stereocenters. The van der Waals surface area contributed by atoms with Gasteiger partial charge >= 0.3 is 5.97 Å². The second-order valence-electron chi connectivity index (χ2n) is 9.34. The normalized spacial score (nSPS) is 17.5. The minimum atomic E-state index is -3.74. The molecule has 7 nitrogen and oxygen atoms in total. The van der Waals surface area contributed by atoms with E-state index < -0.39 is 24.3 Å². The molecule has 1 aromatic rings. The van der Waals surface area contributed by atoms with Crippen LogP contribution in [-0.4, -0.2) is 48.8 Å². The molecule has 0 saturated carbocycles. The number of carbonyl (C=O) groups excluding carboxylic acids is 1. The molecule has 0 aliphatic carbocycles. The Kier molecular flexibility index (Phi) is 8.21. The third kappa shape index (κ3) is 6.23. The lowest BCUT2D eigenvalue weighted by Crippen LogP contribution is -2.41. The van der Waals surface area contributed by atoms with E-state index in [1.54, 1.807) is 12.1 Å². The van der Waals surface area contributed by atoms with Crippen molar-refractivity contribution in [1.29, 1.82) is 0 Å². The molecule has 1 heterocycles. The van der Waals surface area contributed by atoms with Crippen molar-refractivity contribution in [1.82, 2.24) is 0 Å². The average Bonchev–Trinajstić information content (AvgIpc) is 3.10. The first-order valence-corrected chi connectivity index (χ1v) is 15.3. The van der Waals surface area contributed by atoms with E-state index >= 15 is 0 Å². The maximum Gasteiger partial charge on any atom is 0.306 e. The van der Waals surface area contributed by atoms with Crippen LogP contribution in [0, 0.1) is 0 Å². The van der Waals surface area contributed by atoms with Gasteiger partial charge in [0.2, 0.25) is 0 Å². The van der Waals surface area contributed by atoms with Gasteiger partial charge in [-0.25, -0.2) is 8.42 Å². The maximum atomic E-state index is 13.3. The lowest BCUT2D eigenvalue weighted by atomic mass is 10.1. The number of benzene rings is 1. The van der Waals surface area contributed by atoms with E-state index in [-0.39, 0.29) is 34.0 Å². The molecule has 1 aromatic carbocycles. The molecule has 176 valence electrons. The van der Waals surface area contributed by atoms with Crippen LogP contribution in [0.3, 0.4) is 0 Å². The summed E-state index contributed by atoms with van der Waals surface area (Å²) in [5.41, 5.74) is 0.593. The van der Waals surface area contributed by atoms with Gasteiger partial charge in [0.1, 0.15) is 11.0 Å². The molecule has 1 aliphatic heterocycles. The highest BCUT2D eigenvalue weighted by molar-refractivity contribution is 7.91. The SMILES string of the molecule is CCCOc1c(OC)cc([C@@H]2CCC(=O)O2)cc1S(=O)(=O)CCO[Si](C)(C)C(C)(C)C. The third-order valence-corrected chi connectivity index (χ3v) is 12.1. The molecule has 0 N–H and O–H groups in total. The predicted octanol–water partition coefficient (Wildman–Crippen LogP) is 4.66. The number of sulfone groups is 1. The molecule has 1 aliphatic rings. The highest BCUT2D eigenvalue weighted by Gasteiger charge is 2.37. The van der Waals surface area contributed by atoms with E-state index in [4.69, 9.17) is 18.6 Å². The standard InChI is InChI=1S/C22H36O7SSi/c1-8-11-27-21-18(26-5)14-16(17-9-10-20(23)29-17)15-19(21)30(24,25)13-12-28-31(6,7)22(2,3)4/h14-15,17H,8-13H2,1-7H3/t17-/m0/s1. The topological polar surface area (TPSA) is 88.1 Å². The summed E-state index contributed by atoms with van der Waals surface area (Å²) in [5, 5.41) is -0.0123. The smallest absolute Gasteiger partial charge is 0.306 e. The summed E-state index contributed by atoms with van der Waals surface area (Å²) in [6.45, 7) is 12.9. The van der Waals surface area contributed by atoms with Gasteiger partial charge in [0.15, 0.2) is 29.7 Å². The summed E-state index contributed by atoms with van der Waals surface area (Å²) in [5.74, 6) is 0.0592. The second-order valence-corrected chi connectivity index (χ2v) is 16.2. The van der Waals surface area contributed by atoms with Gasteiger partial charge in [-0.15, -0.1) is 0 Å².